The minimum Gasteiger partial charge on any atom is -0.292 e. The van der Waals surface area contributed by atoms with E-state index in [4.69, 9.17) is 0 Å². The second kappa shape index (κ2) is 6.87. The number of pyridine rings is 2. The molecule has 0 aliphatic rings. The number of anilines is 1. The average molecular weight is 333 g/mol. The van der Waals surface area contributed by atoms with E-state index >= 15 is 0 Å². The van der Waals surface area contributed by atoms with Gasteiger partial charge in [-0.05, 0) is 37.6 Å². The van der Waals surface area contributed by atoms with E-state index in [-0.39, 0.29) is 16.3 Å². The van der Waals surface area contributed by atoms with Gasteiger partial charge in [0.25, 0.3) is 5.91 Å². The molecular formula is C16H19N3O3S. The number of carbonyl (C=O) groups excluding carboxylic acids is 1. The predicted octanol–water partition coefficient (Wildman–Crippen LogP) is 2.25. The number of hydrogen-bond acceptors (Lipinski definition) is 5. The summed E-state index contributed by atoms with van der Waals surface area (Å²) in [7, 11) is -3.53. The summed E-state index contributed by atoms with van der Waals surface area (Å²) in [5.74, 6) is -0.0986. The van der Waals surface area contributed by atoms with Crippen molar-refractivity contribution in [2.24, 2.45) is 0 Å². The molecule has 0 atom stereocenters. The molecule has 0 unspecified atom stereocenters. The Bertz CT molecular complexity index is 802. The summed E-state index contributed by atoms with van der Waals surface area (Å²) in [4.78, 5) is 22.4. The fourth-order valence-corrected chi connectivity index (χ4v) is 3.15. The van der Waals surface area contributed by atoms with Crippen molar-refractivity contribution in [3.8, 4) is 0 Å². The van der Waals surface area contributed by atoms with Crippen molar-refractivity contribution in [1.29, 1.82) is 0 Å². The van der Waals surface area contributed by atoms with Crippen molar-refractivity contribution in [2.75, 3.05) is 17.2 Å². The maximum atomic E-state index is 12.8. The van der Waals surface area contributed by atoms with E-state index in [1.54, 1.807) is 19.2 Å². The average Bonchev–Trinajstić information content (AvgIpc) is 2.57. The zero-order valence-electron chi connectivity index (χ0n) is 13.4. The van der Waals surface area contributed by atoms with Gasteiger partial charge in [0.1, 0.15) is 11.5 Å². The van der Waals surface area contributed by atoms with Gasteiger partial charge in [-0.15, -0.1) is 0 Å². The number of amides is 1. The lowest BCUT2D eigenvalue weighted by Gasteiger charge is -2.20. The van der Waals surface area contributed by atoms with Crippen LogP contribution in [0.2, 0.25) is 0 Å². The van der Waals surface area contributed by atoms with Gasteiger partial charge in [0.2, 0.25) is 0 Å². The first-order valence-electron chi connectivity index (χ1n) is 7.33. The number of aromatic nitrogens is 2. The molecule has 1 amide bonds. The second-order valence-electron chi connectivity index (χ2n) is 5.00. The normalized spacial score (nSPS) is 11.3. The van der Waals surface area contributed by atoms with Crippen LogP contribution in [0.1, 0.15) is 29.9 Å². The quantitative estimate of drug-likeness (QED) is 0.838. The molecule has 0 aliphatic heterocycles. The van der Waals surface area contributed by atoms with Crippen molar-refractivity contribution in [3.05, 3.63) is 47.9 Å². The Kier molecular flexibility index (Phi) is 5.10. The summed E-state index contributed by atoms with van der Waals surface area (Å²) in [6.07, 6.45) is 3.08. The van der Waals surface area contributed by atoms with E-state index in [1.165, 1.54) is 30.2 Å². The van der Waals surface area contributed by atoms with Gasteiger partial charge in [-0.2, -0.15) is 0 Å². The fourth-order valence-electron chi connectivity index (χ4n) is 2.11. The minimum atomic E-state index is -3.53. The third kappa shape index (κ3) is 3.56. The summed E-state index contributed by atoms with van der Waals surface area (Å²) < 4.78 is 24.4. The number of rotatable bonds is 5. The summed E-state index contributed by atoms with van der Waals surface area (Å²) in [6, 6.07) is 6.50. The molecule has 2 rings (SSSR count). The number of carbonyl (C=O) groups is 1. The van der Waals surface area contributed by atoms with Crippen LogP contribution in [0, 0.1) is 6.92 Å². The van der Waals surface area contributed by atoms with Gasteiger partial charge in [-0.3, -0.25) is 9.69 Å². The van der Waals surface area contributed by atoms with E-state index in [2.05, 4.69) is 9.97 Å². The Balaban J connectivity index is 2.49. The van der Waals surface area contributed by atoms with Gasteiger partial charge >= 0.3 is 0 Å². The molecule has 0 fully saturated rings. The Morgan fingerprint density at radius 1 is 1.17 bits per heavy atom. The van der Waals surface area contributed by atoms with Gasteiger partial charge < -0.3 is 0 Å². The maximum Gasteiger partial charge on any atom is 0.279 e. The second-order valence-corrected chi connectivity index (χ2v) is 7.24. The van der Waals surface area contributed by atoms with E-state index in [0.717, 1.165) is 5.56 Å². The molecule has 0 saturated heterocycles. The van der Waals surface area contributed by atoms with Crippen molar-refractivity contribution < 1.29 is 13.2 Å². The SMILES string of the molecule is CCN(C(=O)c1ncccc1S(=O)(=O)CC)c1ccc(C)cn1. The lowest BCUT2D eigenvalue weighted by molar-refractivity contribution is 0.0979. The van der Waals surface area contributed by atoms with Crippen LogP contribution in [0.25, 0.3) is 0 Å². The van der Waals surface area contributed by atoms with Crippen LogP contribution < -0.4 is 4.90 Å². The molecular weight excluding hydrogens is 314 g/mol. The Morgan fingerprint density at radius 2 is 1.91 bits per heavy atom. The highest BCUT2D eigenvalue weighted by Gasteiger charge is 2.26. The molecule has 23 heavy (non-hydrogen) atoms. The van der Waals surface area contributed by atoms with E-state index in [1.807, 2.05) is 13.0 Å². The van der Waals surface area contributed by atoms with E-state index in [0.29, 0.717) is 12.4 Å². The molecule has 0 N–H and O–H groups in total. The molecule has 0 aromatic carbocycles. The summed E-state index contributed by atoms with van der Waals surface area (Å²) >= 11 is 0. The van der Waals surface area contributed by atoms with Gasteiger partial charge in [0.05, 0.1) is 10.6 Å². The topological polar surface area (TPSA) is 80.2 Å². The van der Waals surface area contributed by atoms with Crippen molar-refractivity contribution in [3.63, 3.8) is 0 Å². The van der Waals surface area contributed by atoms with Crippen LogP contribution in [0.5, 0.6) is 0 Å². The molecule has 0 radical (unpaired) electrons. The summed E-state index contributed by atoms with van der Waals surface area (Å²) in [5.41, 5.74) is 0.905. The third-order valence-corrected chi connectivity index (χ3v) is 5.18. The van der Waals surface area contributed by atoms with Crippen LogP contribution >= 0.6 is 0 Å². The third-order valence-electron chi connectivity index (χ3n) is 3.42. The minimum absolute atomic E-state index is 0.0435. The standard InChI is InChI=1S/C16H19N3O3S/c1-4-19(14-9-8-12(3)11-18-14)16(20)15-13(7-6-10-17-15)23(21,22)5-2/h6-11H,4-5H2,1-3H3. The molecule has 0 bridgehead atoms. The molecule has 2 heterocycles. The largest absolute Gasteiger partial charge is 0.292 e. The first-order chi connectivity index (χ1) is 10.9. The predicted molar refractivity (Wildman–Crippen MR) is 88.3 cm³/mol. The van der Waals surface area contributed by atoms with Gasteiger partial charge in [-0.25, -0.2) is 18.4 Å². The first kappa shape index (κ1) is 17.1. The van der Waals surface area contributed by atoms with Gasteiger partial charge in [0.15, 0.2) is 9.84 Å². The molecule has 0 saturated carbocycles. The summed E-state index contributed by atoms with van der Waals surface area (Å²) in [5, 5.41) is 0. The lowest BCUT2D eigenvalue weighted by Crippen LogP contribution is -2.33. The Hall–Kier alpha value is -2.28. The monoisotopic (exact) mass is 333 g/mol. The van der Waals surface area contributed by atoms with Crippen molar-refractivity contribution in [2.45, 2.75) is 25.7 Å². The molecule has 2 aromatic heterocycles. The number of aryl methyl sites for hydroxylation is 1. The first-order valence-corrected chi connectivity index (χ1v) is 8.98. The molecule has 0 spiro atoms. The maximum absolute atomic E-state index is 12.8. The smallest absolute Gasteiger partial charge is 0.279 e. The van der Waals surface area contributed by atoms with Crippen molar-refractivity contribution >= 4 is 21.6 Å². The van der Waals surface area contributed by atoms with Crippen LogP contribution in [-0.4, -0.2) is 36.6 Å². The fraction of sp³-hybridized carbons (Fsp3) is 0.312. The van der Waals surface area contributed by atoms with Crippen LogP contribution in [0.15, 0.2) is 41.6 Å². The van der Waals surface area contributed by atoms with Crippen LogP contribution in [0.3, 0.4) is 0 Å². The Morgan fingerprint density at radius 3 is 2.48 bits per heavy atom. The number of nitrogens with zero attached hydrogens (tertiary/aromatic N) is 3. The van der Waals surface area contributed by atoms with E-state index in [9.17, 15) is 13.2 Å². The van der Waals surface area contributed by atoms with Crippen LogP contribution in [-0.2, 0) is 9.84 Å². The molecule has 0 aliphatic carbocycles. The van der Waals surface area contributed by atoms with Crippen molar-refractivity contribution in [1.82, 2.24) is 9.97 Å². The highest BCUT2D eigenvalue weighted by atomic mass is 32.2. The zero-order valence-corrected chi connectivity index (χ0v) is 14.2. The highest BCUT2D eigenvalue weighted by Crippen LogP contribution is 2.20. The molecule has 2 aromatic rings. The Labute approximate surface area is 136 Å². The van der Waals surface area contributed by atoms with E-state index < -0.39 is 15.7 Å². The molecule has 6 nitrogen and oxygen atoms in total. The number of hydrogen-bond donors (Lipinski definition) is 0. The molecule has 7 heteroatoms. The zero-order chi connectivity index (χ0) is 17.0. The highest BCUT2D eigenvalue weighted by molar-refractivity contribution is 7.91. The summed E-state index contributed by atoms with van der Waals surface area (Å²) in [6.45, 7) is 5.60. The number of sulfone groups is 1. The lowest BCUT2D eigenvalue weighted by atomic mass is 10.2. The van der Waals surface area contributed by atoms with Gasteiger partial charge in [0, 0.05) is 18.9 Å². The molecule has 122 valence electrons. The van der Waals surface area contributed by atoms with Gasteiger partial charge in [-0.1, -0.05) is 13.0 Å². The van der Waals surface area contributed by atoms with Crippen LogP contribution in [0.4, 0.5) is 5.82 Å².